The van der Waals surface area contributed by atoms with E-state index in [-0.39, 0.29) is 11.7 Å². The highest BCUT2D eigenvalue weighted by Crippen LogP contribution is 2.33. The summed E-state index contributed by atoms with van der Waals surface area (Å²) < 4.78 is 11.6. The largest absolute Gasteiger partial charge is 0.371 e. The van der Waals surface area contributed by atoms with Crippen LogP contribution in [-0.2, 0) is 14.3 Å². The van der Waals surface area contributed by atoms with Crippen LogP contribution in [0.25, 0.3) is 6.08 Å². The maximum atomic E-state index is 11.9. The zero-order valence-electron chi connectivity index (χ0n) is 14.2. The topological polar surface area (TPSA) is 63.2 Å². The average molecular weight is 359 g/mol. The van der Waals surface area contributed by atoms with Crippen LogP contribution in [0.3, 0.4) is 0 Å². The van der Waals surface area contributed by atoms with Gasteiger partial charge in [0.2, 0.25) is 0 Å². The Labute approximate surface area is 151 Å². The summed E-state index contributed by atoms with van der Waals surface area (Å²) in [7, 11) is 1.67. The number of hydrogen-bond acceptors (Lipinski definition) is 6. The van der Waals surface area contributed by atoms with Gasteiger partial charge in [-0.25, -0.2) is 0 Å². The molecule has 4 rings (SSSR count). The van der Waals surface area contributed by atoms with Crippen molar-refractivity contribution in [2.75, 3.05) is 38.3 Å². The molecule has 3 heterocycles. The van der Waals surface area contributed by atoms with Gasteiger partial charge in [0.1, 0.15) is 0 Å². The first-order valence-corrected chi connectivity index (χ1v) is 9.30. The van der Waals surface area contributed by atoms with E-state index < -0.39 is 0 Å². The number of hydrogen-bond donors (Lipinski definition) is 1. The van der Waals surface area contributed by atoms with Gasteiger partial charge in [-0.1, -0.05) is 12.1 Å². The summed E-state index contributed by atoms with van der Waals surface area (Å²) in [5.74, 6) is -0.431. The number of amides is 1. The summed E-state index contributed by atoms with van der Waals surface area (Å²) >= 11 is 1.37. The fourth-order valence-electron chi connectivity index (χ4n) is 3.36. The van der Waals surface area contributed by atoms with Crippen molar-refractivity contribution in [3.63, 3.8) is 0 Å². The first-order chi connectivity index (χ1) is 12.2. The smallest absolute Gasteiger partial charge is 0.264 e. The minimum atomic E-state index is -0.341. The molecule has 0 atom stereocenters. The fraction of sp³-hybridized carbons (Fsp3) is 0.444. The predicted octanol–water partition coefficient (Wildman–Crippen LogP) is 2.22. The molecule has 1 aromatic carbocycles. The van der Waals surface area contributed by atoms with E-state index in [1.54, 1.807) is 7.05 Å². The van der Waals surface area contributed by atoms with E-state index in [1.807, 2.05) is 18.2 Å². The van der Waals surface area contributed by atoms with Crippen molar-refractivity contribution in [2.24, 2.45) is 4.99 Å². The van der Waals surface area contributed by atoms with Crippen molar-refractivity contribution in [1.29, 1.82) is 0 Å². The molecular weight excluding hydrogens is 338 g/mol. The number of carbonyl (C=O) groups is 1. The van der Waals surface area contributed by atoms with Crippen LogP contribution in [-0.4, -0.2) is 50.2 Å². The summed E-state index contributed by atoms with van der Waals surface area (Å²) in [4.78, 5) is 18.9. The Bertz CT molecular complexity index is 714. The highest BCUT2D eigenvalue weighted by atomic mass is 32.2. The molecule has 0 aliphatic carbocycles. The molecule has 7 heteroatoms. The van der Waals surface area contributed by atoms with Crippen LogP contribution < -0.4 is 10.2 Å². The fourth-order valence-corrected chi connectivity index (χ4v) is 4.14. The Morgan fingerprint density at radius 3 is 2.48 bits per heavy atom. The van der Waals surface area contributed by atoms with Gasteiger partial charge >= 0.3 is 0 Å². The summed E-state index contributed by atoms with van der Waals surface area (Å²) in [5, 5.41) is 3.38. The minimum absolute atomic E-state index is 0.0902. The Kier molecular flexibility index (Phi) is 4.54. The van der Waals surface area contributed by atoms with Crippen LogP contribution >= 0.6 is 11.8 Å². The number of aliphatic imine (C=N–C) groups is 1. The van der Waals surface area contributed by atoms with E-state index >= 15 is 0 Å². The molecule has 0 bridgehead atoms. The number of rotatable bonds is 2. The first-order valence-electron chi connectivity index (χ1n) is 8.48. The van der Waals surface area contributed by atoms with E-state index in [9.17, 15) is 4.79 Å². The number of nitrogens with zero attached hydrogens (tertiary/aromatic N) is 2. The van der Waals surface area contributed by atoms with Gasteiger partial charge in [-0.3, -0.25) is 9.79 Å². The highest BCUT2D eigenvalue weighted by molar-refractivity contribution is 8.18. The van der Waals surface area contributed by atoms with Crippen molar-refractivity contribution in [1.82, 2.24) is 5.32 Å². The van der Waals surface area contributed by atoms with Crippen molar-refractivity contribution in [3.05, 3.63) is 34.7 Å². The second kappa shape index (κ2) is 6.82. The van der Waals surface area contributed by atoms with Gasteiger partial charge in [0.25, 0.3) is 5.91 Å². The molecule has 0 radical (unpaired) electrons. The number of anilines is 1. The molecule has 3 saturated heterocycles. The third kappa shape index (κ3) is 3.44. The van der Waals surface area contributed by atoms with Crippen molar-refractivity contribution in [2.45, 2.75) is 18.6 Å². The maximum Gasteiger partial charge on any atom is 0.264 e. The number of benzene rings is 1. The predicted molar refractivity (Wildman–Crippen MR) is 99.6 cm³/mol. The third-order valence-electron chi connectivity index (χ3n) is 4.75. The van der Waals surface area contributed by atoms with Crippen LogP contribution in [0.15, 0.2) is 34.2 Å². The number of amidine groups is 1. The zero-order valence-corrected chi connectivity index (χ0v) is 15.0. The summed E-state index contributed by atoms with van der Waals surface area (Å²) in [6, 6.07) is 8.30. The van der Waals surface area contributed by atoms with Crippen LogP contribution in [0, 0.1) is 0 Å². The Morgan fingerprint density at radius 1 is 1.20 bits per heavy atom. The summed E-state index contributed by atoms with van der Waals surface area (Å²) in [5.41, 5.74) is 2.20. The lowest BCUT2D eigenvalue weighted by molar-refractivity contribution is -0.169. The monoisotopic (exact) mass is 359 g/mol. The molecule has 6 nitrogen and oxygen atoms in total. The van der Waals surface area contributed by atoms with Gasteiger partial charge in [0.05, 0.1) is 18.1 Å². The molecule has 1 aromatic rings. The second-order valence-electron chi connectivity index (χ2n) is 6.28. The zero-order chi connectivity index (χ0) is 17.3. The van der Waals surface area contributed by atoms with Crippen LogP contribution in [0.1, 0.15) is 18.4 Å². The molecular formula is C18H21N3O3S. The molecule has 3 aliphatic rings. The van der Waals surface area contributed by atoms with E-state index in [1.165, 1.54) is 17.4 Å². The molecule has 25 heavy (non-hydrogen) atoms. The molecule has 3 aliphatic heterocycles. The van der Waals surface area contributed by atoms with Gasteiger partial charge in [0.15, 0.2) is 11.0 Å². The number of nitrogens with one attached hydrogen (secondary N) is 1. The van der Waals surface area contributed by atoms with Gasteiger partial charge < -0.3 is 19.7 Å². The average Bonchev–Trinajstić information content (AvgIpc) is 3.24. The van der Waals surface area contributed by atoms with E-state index in [4.69, 9.17) is 9.47 Å². The molecule has 1 amide bonds. The third-order valence-corrected chi connectivity index (χ3v) is 5.75. The van der Waals surface area contributed by atoms with Crippen LogP contribution in [0.5, 0.6) is 0 Å². The van der Waals surface area contributed by atoms with Gasteiger partial charge in [-0.05, 0) is 35.5 Å². The summed E-state index contributed by atoms with van der Waals surface area (Å²) in [6.45, 7) is 3.27. The van der Waals surface area contributed by atoms with E-state index in [2.05, 4.69) is 27.3 Å². The number of carbonyl (C=O) groups excluding carboxylic acids is 1. The Morgan fingerprint density at radius 2 is 1.88 bits per heavy atom. The molecule has 3 fully saturated rings. The Balaban J connectivity index is 1.42. The van der Waals surface area contributed by atoms with Gasteiger partial charge in [-0.2, -0.15) is 0 Å². The lowest BCUT2D eigenvalue weighted by atomic mass is 10.0. The molecule has 0 aromatic heterocycles. The second-order valence-corrected chi connectivity index (χ2v) is 7.31. The molecule has 1 N–H and O–H groups in total. The number of piperidine rings is 1. The number of ether oxygens (including phenoxy) is 2. The molecule has 0 unspecified atom stereocenters. The molecule has 0 saturated carbocycles. The summed E-state index contributed by atoms with van der Waals surface area (Å²) in [6.07, 6.45) is 3.69. The van der Waals surface area contributed by atoms with E-state index in [0.29, 0.717) is 23.3 Å². The van der Waals surface area contributed by atoms with Crippen LogP contribution in [0.2, 0.25) is 0 Å². The normalized spacial score (nSPS) is 26.0. The lowest BCUT2D eigenvalue weighted by Crippen LogP contribution is -2.45. The van der Waals surface area contributed by atoms with Crippen molar-refractivity contribution >= 4 is 34.6 Å². The highest BCUT2D eigenvalue weighted by Gasteiger charge is 2.39. The quantitative estimate of drug-likeness (QED) is 0.821. The van der Waals surface area contributed by atoms with Crippen LogP contribution in [0.4, 0.5) is 5.69 Å². The Hall–Kier alpha value is -1.83. The molecule has 132 valence electrons. The molecule has 1 spiro atoms. The minimum Gasteiger partial charge on any atom is -0.371 e. The SMILES string of the molecule is CN=C1NC(=O)C(=Cc2ccc(N3CCC4(CC3)OCCO4)cc2)S1. The van der Waals surface area contributed by atoms with Gasteiger partial charge in [-0.15, -0.1) is 0 Å². The standard InChI is InChI=1S/C18H21N3O3S/c1-19-17-20-16(22)15(25-17)12-13-2-4-14(5-3-13)21-8-6-18(7-9-21)23-10-11-24-18/h2-5,12H,6-11H2,1H3,(H,19,20,22). The maximum absolute atomic E-state index is 11.9. The lowest BCUT2D eigenvalue weighted by Gasteiger charge is -2.38. The first kappa shape index (κ1) is 16.6. The van der Waals surface area contributed by atoms with Gasteiger partial charge in [0, 0.05) is 38.7 Å². The van der Waals surface area contributed by atoms with Crippen molar-refractivity contribution in [3.8, 4) is 0 Å². The van der Waals surface area contributed by atoms with E-state index in [0.717, 1.165) is 31.5 Å². The number of thioether (sulfide) groups is 1. The van der Waals surface area contributed by atoms with Crippen molar-refractivity contribution < 1.29 is 14.3 Å².